The van der Waals surface area contributed by atoms with Crippen molar-refractivity contribution in [1.82, 2.24) is 9.97 Å². The molecule has 5 nitrogen and oxygen atoms in total. The van der Waals surface area contributed by atoms with Crippen LogP contribution in [0.25, 0.3) is 11.3 Å². The minimum Gasteiger partial charge on any atom is -0.330 e. The summed E-state index contributed by atoms with van der Waals surface area (Å²) in [6.45, 7) is 2.37. The van der Waals surface area contributed by atoms with Gasteiger partial charge in [0.2, 0.25) is 5.91 Å². The fourth-order valence-electron chi connectivity index (χ4n) is 1.86. The summed E-state index contributed by atoms with van der Waals surface area (Å²) in [6, 6.07) is 9.46. The molecule has 0 saturated carbocycles. The first-order chi connectivity index (χ1) is 9.69. The van der Waals surface area contributed by atoms with Crippen LogP contribution in [-0.2, 0) is 4.79 Å². The van der Waals surface area contributed by atoms with E-state index in [1.54, 1.807) is 6.20 Å². The number of hydrogen-bond donors (Lipinski definition) is 2. The van der Waals surface area contributed by atoms with Crippen LogP contribution in [0.4, 0.5) is 5.69 Å². The van der Waals surface area contributed by atoms with Gasteiger partial charge in [-0.05, 0) is 38.1 Å². The monoisotopic (exact) mass is 306 g/mol. The third-order valence-electron chi connectivity index (χ3n) is 2.83. The molecule has 1 heterocycles. The molecule has 1 amide bonds. The first-order valence-electron chi connectivity index (χ1n) is 6.59. The molecule has 1 aromatic carbocycles. The van der Waals surface area contributed by atoms with Crippen molar-refractivity contribution in [2.45, 2.75) is 19.8 Å². The summed E-state index contributed by atoms with van der Waals surface area (Å²) in [5.74, 6) is 0.700. The molecule has 3 N–H and O–H groups in total. The first-order valence-corrected chi connectivity index (χ1v) is 6.59. The van der Waals surface area contributed by atoms with Crippen LogP contribution in [0.3, 0.4) is 0 Å². The summed E-state index contributed by atoms with van der Waals surface area (Å²) < 4.78 is 0. The van der Waals surface area contributed by atoms with E-state index < -0.39 is 0 Å². The quantitative estimate of drug-likeness (QED) is 0.889. The first kappa shape index (κ1) is 17.1. The summed E-state index contributed by atoms with van der Waals surface area (Å²) in [7, 11) is 0. The van der Waals surface area contributed by atoms with Crippen LogP contribution in [-0.4, -0.2) is 22.4 Å². The second-order valence-corrected chi connectivity index (χ2v) is 4.51. The number of amides is 1. The van der Waals surface area contributed by atoms with Gasteiger partial charge in [-0.25, -0.2) is 9.97 Å². The Hall–Kier alpha value is -1.98. The number of nitrogens with two attached hydrogens (primary N) is 1. The summed E-state index contributed by atoms with van der Waals surface area (Å²) >= 11 is 0. The molecule has 0 aliphatic carbocycles. The van der Waals surface area contributed by atoms with Crippen molar-refractivity contribution in [2.24, 2.45) is 5.73 Å². The van der Waals surface area contributed by atoms with Gasteiger partial charge in [0.25, 0.3) is 0 Å². The topological polar surface area (TPSA) is 80.9 Å². The molecular formula is C15H19ClN4O. The molecular weight excluding hydrogens is 288 g/mol. The van der Waals surface area contributed by atoms with Gasteiger partial charge in [0.05, 0.1) is 5.69 Å². The van der Waals surface area contributed by atoms with Crippen LogP contribution in [0.5, 0.6) is 0 Å². The molecule has 0 aliphatic rings. The molecule has 0 spiro atoms. The minimum atomic E-state index is -0.0218. The number of aryl methyl sites for hydroxylation is 1. The summed E-state index contributed by atoms with van der Waals surface area (Å²) in [5, 5.41) is 2.86. The van der Waals surface area contributed by atoms with E-state index in [-0.39, 0.29) is 18.3 Å². The van der Waals surface area contributed by atoms with E-state index in [1.807, 2.05) is 37.3 Å². The van der Waals surface area contributed by atoms with Crippen LogP contribution in [0.2, 0.25) is 0 Å². The highest BCUT2D eigenvalue weighted by Crippen LogP contribution is 2.20. The van der Waals surface area contributed by atoms with Crippen LogP contribution >= 0.6 is 12.4 Å². The van der Waals surface area contributed by atoms with Crippen molar-refractivity contribution in [3.8, 4) is 11.3 Å². The lowest BCUT2D eigenvalue weighted by molar-refractivity contribution is -0.116. The van der Waals surface area contributed by atoms with Gasteiger partial charge < -0.3 is 11.1 Å². The largest absolute Gasteiger partial charge is 0.330 e. The molecule has 0 fully saturated rings. The maximum Gasteiger partial charge on any atom is 0.224 e. The van der Waals surface area contributed by atoms with Crippen molar-refractivity contribution in [2.75, 3.05) is 11.9 Å². The van der Waals surface area contributed by atoms with E-state index >= 15 is 0 Å². The Kier molecular flexibility index (Phi) is 6.78. The van der Waals surface area contributed by atoms with Gasteiger partial charge in [0.15, 0.2) is 0 Å². The standard InChI is InChI=1S/C15H18N4O.ClH/c1-11-17-9-7-14(18-11)12-4-2-5-13(10-12)19-15(20)6-3-8-16;/h2,4-5,7,9-10H,3,6,8,16H2,1H3,(H,19,20);1H. The van der Waals surface area contributed by atoms with Gasteiger partial charge in [0, 0.05) is 23.9 Å². The summed E-state index contributed by atoms with van der Waals surface area (Å²) in [5.41, 5.74) is 7.95. The number of anilines is 1. The number of carbonyl (C=O) groups is 1. The highest BCUT2D eigenvalue weighted by Gasteiger charge is 2.04. The van der Waals surface area contributed by atoms with Gasteiger partial charge in [-0.3, -0.25) is 4.79 Å². The molecule has 2 aromatic rings. The second-order valence-electron chi connectivity index (χ2n) is 4.51. The third-order valence-corrected chi connectivity index (χ3v) is 2.83. The zero-order chi connectivity index (χ0) is 14.4. The van der Waals surface area contributed by atoms with Crippen LogP contribution < -0.4 is 11.1 Å². The number of nitrogens with zero attached hydrogens (tertiary/aromatic N) is 2. The zero-order valence-corrected chi connectivity index (χ0v) is 12.7. The SMILES string of the molecule is Cc1nccc(-c2cccc(NC(=O)CCCN)c2)n1.Cl. The zero-order valence-electron chi connectivity index (χ0n) is 11.9. The predicted octanol–water partition coefficient (Wildman–Crippen LogP) is 2.55. The molecule has 0 unspecified atom stereocenters. The number of rotatable bonds is 5. The molecule has 21 heavy (non-hydrogen) atoms. The molecule has 0 radical (unpaired) electrons. The Labute approximate surface area is 130 Å². The number of carbonyl (C=O) groups excluding carboxylic acids is 1. The molecule has 0 atom stereocenters. The van der Waals surface area contributed by atoms with Crippen molar-refractivity contribution < 1.29 is 4.79 Å². The highest BCUT2D eigenvalue weighted by atomic mass is 35.5. The average molecular weight is 307 g/mol. The van der Waals surface area contributed by atoms with Crippen molar-refractivity contribution in [3.05, 3.63) is 42.4 Å². The number of hydrogen-bond acceptors (Lipinski definition) is 4. The number of benzene rings is 1. The van der Waals surface area contributed by atoms with Crippen molar-refractivity contribution in [1.29, 1.82) is 0 Å². The molecule has 6 heteroatoms. The fourth-order valence-corrected chi connectivity index (χ4v) is 1.86. The minimum absolute atomic E-state index is 0. The Morgan fingerprint density at radius 3 is 2.86 bits per heavy atom. The van der Waals surface area contributed by atoms with Gasteiger partial charge in [0.1, 0.15) is 5.82 Å². The van der Waals surface area contributed by atoms with Crippen LogP contribution in [0.15, 0.2) is 36.5 Å². The van der Waals surface area contributed by atoms with Crippen LogP contribution in [0.1, 0.15) is 18.7 Å². The maximum absolute atomic E-state index is 11.7. The van der Waals surface area contributed by atoms with Crippen molar-refractivity contribution in [3.63, 3.8) is 0 Å². The van der Waals surface area contributed by atoms with E-state index in [0.29, 0.717) is 19.4 Å². The lowest BCUT2D eigenvalue weighted by Gasteiger charge is -2.07. The number of nitrogens with one attached hydrogen (secondary N) is 1. The maximum atomic E-state index is 11.7. The Bertz CT molecular complexity index is 604. The molecule has 0 saturated heterocycles. The smallest absolute Gasteiger partial charge is 0.224 e. The molecule has 2 rings (SSSR count). The molecule has 112 valence electrons. The lowest BCUT2D eigenvalue weighted by atomic mass is 10.1. The number of aromatic nitrogens is 2. The second kappa shape index (κ2) is 8.34. The van der Waals surface area contributed by atoms with Gasteiger partial charge >= 0.3 is 0 Å². The van der Waals surface area contributed by atoms with E-state index in [2.05, 4.69) is 15.3 Å². The van der Waals surface area contributed by atoms with E-state index in [4.69, 9.17) is 5.73 Å². The van der Waals surface area contributed by atoms with E-state index in [9.17, 15) is 4.79 Å². The molecule has 0 bridgehead atoms. The van der Waals surface area contributed by atoms with E-state index in [0.717, 1.165) is 22.8 Å². The Morgan fingerprint density at radius 1 is 1.33 bits per heavy atom. The normalized spacial score (nSPS) is 9.81. The Balaban J connectivity index is 0.00000220. The highest BCUT2D eigenvalue weighted by molar-refractivity contribution is 5.91. The van der Waals surface area contributed by atoms with Crippen molar-refractivity contribution >= 4 is 24.0 Å². The third kappa shape index (κ3) is 5.13. The fraction of sp³-hybridized carbons (Fsp3) is 0.267. The van der Waals surface area contributed by atoms with Crippen LogP contribution in [0, 0.1) is 6.92 Å². The van der Waals surface area contributed by atoms with Gasteiger partial charge in [-0.1, -0.05) is 12.1 Å². The number of halogens is 1. The summed E-state index contributed by atoms with van der Waals surface area (Å²) in [6.07, 6.45) is 2.86. The van der Waals surface area contributed by atoms with Gasteiger partial charge in [-0.15, -0.1) is 12.4 Å². The predicted molar refractivity (Wildman–Crippen MR) is 86.4 cm³/mol. The summed E-state index contributed by atoms with van der Waals surface area (Å²) in [4.78, 5) is 20.1. The van der Waals surface area contributed by atoms with Gasteiger partial charge in [-0.2, -0.15) is 0 Å². The average Bonchev–Trinajstić information content (AvgIpc) is 2.45. The molecule has 0 aliphatic heterocycles. The molecule has 1 aromatic heterocycles. The lowest BCUT2D eigenvalue weighted by Crippen LogP contribution is -2.13. The van der Waals surface area contributed by atoms with E-state index in [1.165, 1.54) is 0 Å². The Morgan fingerprint density at radius 2 is 2.14 bits per heavy atom.